The van der Waals surface area contributed by atoms with E-state index in [0.29, 0.717) is 6.61 Å². The molecule has 1 N–H and O–H groups in total. The van der Waals surface area contributed by atoms with Crippen molar-refractivity contribution in [2.75, 3.05) is 19.0 Å². The van der Waals surface area contributed by atoms with E-state index >= 15 is 0 Å². The molecule has 1 unspecified atom stereocenters. The van der Waals surface area contributed by atoms with Gasteiger partial charge in [-0.25, -0.2) is 4.98 Å². The van der Waals surface area contributed by atoms with Crippen LogP contribution in [0.15, 0.2) is 24.3 Å². The highest BCUT2D eigenvalue weighted by atomic mass is 16.5. The molecule has 0 aliphatic carbocycles. The van der Waals surface area contributed by atoms with Gasteiger partial charge in [0.05, 0.1) is 17.6 Å². The summed E-state index contributed by atoms with van der Waals surface area (Å²) in [5.41, 5.74) is 2.15. The van der Waals surface area contributed by atoms with Gasteiger partial charge in [-0.05, 0) is 19.1 Å². The van der Waals surface area contributed by atoms with Gasteiger partial charge in [-0.15, -0.1) is 0 Å². The third-order valence-corrected chi connectivity index (χ3v) is 2.58. The van der Waals surface area contributed by atoms with Gasteiger partial charge in [-0.2, -0.15) is 0 Å². The molecule has 0 amide bonds. The summed E-state index contributed by atoms with van der Waals surface area (Å²) in [4.78, 5) is 4.53. The molecule has 1 aromatic heterocycles. The fourth-order valence-electron chi connectivity index (χ4n) is 1.79. The number of aryl methyl sites for hydroxylation is 1. The zero-order valence-corrected chi connectivity index (χ0v) is 9.90. The van der Waals surface area contributed by atoms with E-state index in [4.69, 9.17) is 4.74 Å². The number of hydrogen-bond donors (Lipinski definition) is 1. The Bertz CT molecular complexity index is 478. The lowest BCUT2D eigenvalue weighted by atomic mass is 10.3. The molecule has 0 radical (unpaired) electrons. The number of para-hydroxylation sites is 2. The van der Waals surface area contributed by atoms with Crippen LogP contribution in [0.1, 0.15) is 6.92 Å². The Morgan fingerprint density at radius 3 is 2.88 bits per heavy atom. The van der Waals surface area contributed by atoms with Gasteiger partial charge in [0.25, 0.3) is 0 Å². The van der Waals surface area contributed by atoms with Crippen molar-refractivity contribution in [1.82, 2.24) is 9.55 Å². The van der Waals surface area contributed by atoms with Gasteiger partial charge in [-0.1, -0.05) is 12.1 Å². The van der Waals surface area contributed by atoms with Crippen LogP contribution in [0.4, 0.5) is 5.95 Å². The average molecular weight is 219 g/mol. The highest BCUT2D eigenvalue weighted by molar-refractivity contribution is 5.78. The lowest BCUT2D eigenvalue weighted by molar-refractivity contribution is 0.190. The van der Waals surface area contributed by atoms with Crippen molar-refractivity contribution < 1.29 is 4.74 Å². The van der Waals surface area contributed by atoms with E-state index in [1.807, 2.05) is 25.2 Å². The maximum absolute atomic E-state index is 5.09. The van der Waals surface area contributed by atoms with E-state index < -0.39 is 0 Å². The largest absolute Gasteiger partial charge is 0.383 e. The number of imidazole rings is 1. The molecule has 0 spiro atoms. The van der Waals surface area contributed by atoms with Crippen LogP contribution in [0.5, 0.6) is 0 Å². The molecule has 2 rings (SSSR count). The van der Waals surface area contributed by atoms with Crippen LogP contribution < -0.4 is 5.32 Å². The normalized spacial score (nSPS) is 12.9. The first-order valence-electron chi connectivity index (χ1n) is 5.39. The Labute approximate surface area is 95.2 Å². The zero-order chi connectivity index (χ0) is 11.5. The summed E-state index contributed by atoms with van der Waals surface area (Å²) < 4.78 is 7.15. The standard InChI is InChI=1S/C12H17N3O/c1-9(8-16-3)13-12-14-10-6-4-5-7-11(10)15(12)2/h4-7,9H,8H2,1-3H3,(H,13,14). The van der Waals surface area contributed by atoms with Gasteiger partial charge in [0.2, 0.25) is 5.95 Å². The fourth-order valence-corrected chi connectivity index (χ4v) is 1.79. The van der Waals surface area contributed by atoms with Crippen molar-refractivity contribution in [2.24, 2.45) is 7.05 Å². The maximum atomic E-state index is 5.09. The van der Waals surface area contributed by atoms with Crippen LogP contribution in [0.2, 0.25) is 0 Å². The summed E-state index contributed by atoms with van der Waals surface area (Å²) in [5.74, 6) is 0.880. The number of benzene rings is 1. The molecule has 1 heterocycles. The number of nitrogens with one attached hydrogen (secondary N) is 1. The quantitative estimate of drug-likeness (QED) is 0.855. The van der Waals surface area contributed by atoms with E-state index in [-0.39, 0.29) is 6.04 Å². The first kappa shape index (κ1) is 11.0. The van der Waals surface area contributed by atoms with Gasteiger partial charge >= 0.3 is 0 Å². The number of aromatic nitrogens is 2. The molecule has 2 aromatic rings. The number of fused-ring (bicyclic) bond motifs is 1. The highest BCUT2D eigenvalue weighted by Gasteiger charge is 2.09. The monoisotopic (exact) mass is 219 g/mol. The number of hydrogen-bond acceptors (Lipinski definition) is 3. The van der Waals surface area contributed by atoms with Crippen LogP contribution in [-0.2, 0) is 11.8 Å². The van der Waals surface area contributed by atoms with E-state index in [9.17, 15) is 0 Å². The van der Waals surface area contributed by atoms with E-state index in [2.05, 4.69) is 27.9 Å². The molecule has 16 heavy (non-hydrogen) atoms. The van der Waals surface area contributed by atoms with Crippen molar-refractivity contribution in [2.45, 2.75) is 13.0 Å². The topological polar surface area (TPSA) is 39.1 Å². The third kappa shape index (κ3) is 2.02. The molecule has 1 aromatic carbocycles. The summed E-state index contributed by atoms with van der Waals surface area (Å²) >= 11 is 0. The number of anilines is 1. The Kier molecular flexibility index (Phi) is 3.10. The second-order valence-electron chi connectivity index (χ2n) is 3.98. The molecule has 86 valence electrons. The molecule has 0 aliphatic heterocycles. The molecule has 0 saturated heterocycles. The minimum absolute atomic E-state index is 0.250. The first-order chi connectivity index (χ1) is 7.72. The minimum atomic E-state index is 0.250. The molecule has 4 heteroatoms. The molecule has 4 nitrogen and oxygen atoms in total. The summed E-state index contributed by atoms with van der Waals surface area (Å²) in [6.45, 7) is 2.74. The summed E-state index contributed by atoms with van der Waals surface area (Å²) in [6.07, 6.45) is 0. The first-order valence-corrected chi connectivity index (χ1v) is 5.39. The number of nitrogens with zero attached hydrogens (tertiary/aromatic N) is 2. The summed E-state index contributed by atoms with van der Waals surface area (Å²) in [6, 6.07) is 8.35. The second-order valence-corrected chi connectivity index (χ2v) is 3.98. The van der Waals surface area contributed by atoms with Crippen LogP contribution in [0.3, 0.4) is 0 Å². The predicted octanol–water partition coefficient (Wildman–Crippen LogP) is 2.02. The summed E-state index contributed by atoms with van der Waals surface area (Å²) in [7, 11) is 3.71. The number of methoxy groups -OCH3 is 1. The zero-order valence-electron chi connectivity index (χ0n) is 9.90. The Morgan fingerprint density at radius 1 is 1.44 bits per heavy atom. The Hall–Kier alpha value is -1.55. The Morgan fingerprint density at radius 2 is 2.19 bits per heavy atom. The third-order valence-electron chi connectivity index (χ3n) is 2.58. The molecular weight excluding hydrogens is 202 g/mol. The fraction of sp³-hybridized carbons (Fsp3) is 0.417. The van der Waals surface area contributed by atoms with Gasteiger partial charge in [0.15, 0.2) is 0 Å². The predicted molar refractivity (Wildman–Crippen MR) is 65.7 cm³/mol. The van der Waals surface area contributed by atoms with Crippen LogP contribution in [0, 0.1) is 0 Å². The molecule has 0 fully saturated rings. The SMILES string of the molecule is COCC(C)Nc1nc2ccccc2n1C. The van der Waals surface area contributed by atoms with Crippen molar-refractivity contribution in [3.8, 4) is 0 Å². The lowest BCUT2D eigenvalue weighted by Crippen LogP contribution is -2.22. The second kappa shape index (κ2) is 4.53. The van der Waals surface area contributed by atoms with Crippen LogP contribution >= 0.6 is 0 Å². The van der Waals surface area contributed by atoms with E-state index in [1.54, 1.807) is 7.11 Å². The maximum Gasteiger partial charge on any atom is 0.203 e. The Balaban J connectivity index is 2.27. The average Bonchev–Trinajstić information content (AvgIpc) is 2.57. The van der Waals surface area contributed by atoms with Crippen molar-refractivity contribution in [3.05, 3.63) is 24.3 Å². The smallest absolute Gasteiger partial charge is 0.203 e. The molecule has 0 bridgehead atoms. The molecular formula is C12H17N3O. The lowest BCUT2D eigenvalue weighted by Gasteiger charge is -2.13. The van der Waals surface area contributed by atoms with Crippen molar-refractivity contribution >= 4 is 17.0 Å². The molecule has 1 atom stereocenters. The summed E-state index contributed by atoms with van der Waals surface area (Å²) in [5, 5.41) is 3.33. The van der Waals surface area contributed by atoms with Gasteiger partial charge in [-0.3, -0.25) is 0 Å². The van der Waals surface area contributed by atoms with Crippen molar-refractivity contribution in [1.29, 1.82) is 0 Å². The highest BCUT2D eigenvalue weighted by Crippen LogP contribution is 2.17. The van der Waals surface area contributed by atoms with Crippen molar-refractivity contribution in [3.63, 3.8) is 0 Å². The van der Waals surface area contributed by atoms with Gasteiger partial charge < -0.3 is 14.6 Å². The van der Waals surface area contributed by atoms with Crippen LogP contribution in [0.25, 0.3) is 11.0 Å². The van der Waals surface area contributed by atoms with E-state index in [1.165, 1.54) is 0 Å². The number of ether oxygens (including phenoxy) is 1. The minimum Gasteiger partial charge on any atom is -0.383 e. The number of rotatable bonds is 4. The molecule has 0 aliphatic rings. The van der Waals surface area contributed by atoms with Crippen LogP contribution in [-0.4, -0.2) is 29.3 Å². The van der Waals surface area contributed by atoms with Gasteiger partial charge in [0.1, 0.15) is 0 Å². The molecule has 0 saturated carbocycles. The van der Waals surface area contributed by atoms with Gasteiger partial charge in [0, 0.05) is 20.2 Å². The van der Waals surface area contributed by atoms with E-state index in [0.717, 1.165) is 17.0 Å².